The first-order valence-electron chi connectivity index (χ1n) is 8.09. The third kappa shape index (κ3) is 3.19. The number of benzene rings is 3. The van der Waals surface area contributed by atoms with E-state index in [1.165, 1.54) is 19.2 Å². The summed E-state index contributed by atoms with van der Waals surface area (Å²) >= 11 is 4.65. The minimum atomic E-state index is -0.492. The smallest absolute Gasteiger partial charge is 0.274 e. The summed E-state index contributed by atoms with van der Waals surface area (Å²) in [6.45, 7) is 0. The second-order valence-corrected chi connectivity index (χ2v) is 7.75. The fraction of sp³-hybridized carbons (Fsp3) is 0.0526. The summed E-state index contributed by atoms with van der Waals surface area (Å²) < 4.78 is 6.67. The van der Waals surface area contributed by atoms with Crippen LogP contribution in [0.15, 0.2) is 53.0 Å². The van der Waals surface area contributed by atoms with Crippen molar-refractivity contribution >= 4 is 65.0 Å². The van der Waals surface area contributed by atoms with Gasteiger partial charge >= 0.3 is 0 Å². The maximum atomic E-state index is 12.8. The number of halogens is 1. The van der Waals surface area contributed by atoms with E-state index in [2.05, 4.69) is 26.2 Å². The molecule has 0 unspecified atom stereocenters. The molecule has 140 valence electrons. The molecule has 0 radical (unpaired) electrons. The molecular weight excluding hydrogens is 446 g/mol. The molecule has 0 bridgehead atoms. The normalized spacial score (nSPS) is 10.9. The number of amides is 1. The molecule has 0 aliphatic heterocycles. The lowest BCUT2D eigenvalue weighted by molar-refractivity contribution is -0.384. The zero-order valence-electron chi connectivity index (χ0n) is 14.4. The second kappa shape index (κ2) is 7.17. The van der Waals surface area contributed by atoms with Crippen molar-refractivity contribution in [2.45, 2.75) is 0 Å². The van der Waals surface area contributed by atoms with Crippen LogP contribution in [-0.4, -0.2) is 22.9 Å². The molecule has 1 heterocycles. The zero-order chi connectivity index (χ0) is 19.8. The van der Waals surface area contributed by atoms with E-state index in [0.29, 0.717) is 20.9 Å². The van der Waals surface area contributed by atoms with Crippen molar-refractivity contribution < 1.29 is 14.5 Å². The first kappa shape index (κ1) is 18.3. The number of non-ortho nitro benzene ring substituents is 1. The molecule has 0 spiro atoms. The highest BCUT2D eigenvalue weighted by Gasteiger charge is 2.18. The molecule has 1 aromatic heterocycles. The third-order valence-corrected chi connectivity index (χ3v) is 5.82. The molecule has 0 aliphatic rings. The highest BCUT2D eigenvalue weighted by molar-refractivity contribution is 9.10. The maximum Gasteiger partial charge on any atom is 0.274 e. The van der Waals surface area contributed by atoms with Gasteiger partial charge in [-0.1, -0.05) is 51.5 Å². The Kier molecular flexibility index (Phi) is 4.70. The average molecular weight is 458 g/mol. The molecule has 1 amide bonds. The fourth-order valence-electron chi connectivity index (χ4n) is 2.93. The SMILES string of the molecule is COc1cc([N+](=O)[O-])cc2sc(NC(=O)c3cccc4c(Br)cccc34)nc12. The van der Waals surface area contributed by atoms with Crippen LogP contribution in [0.3, 0.4) is 0 Å². The van der Waals surface area contributed by atoms with E-state index in [9.17, 15) is 14.9 Å². The summed E-state index contributed by atoms with van der Waals surface area (Å²) in [5.41, 5.74) is 0.884. The minimum Gasteiger partial charge on any atom is -0.494 e. The number of carbonyl (C=O) groups is 1. The van der Waals surface area contributed by atoms with Gasteiger partial charge in [0.25, 0.3) is 11.6 Å². The molecule has 0 fully saturated rings. The van der Waals surface area contributed by atoms with Crippen LogP contribution < -0.4 is 10.1 Å². The van der Waals surface area contributed by atoms with Gasteiger partial charge in [0.1, 0.15) is 5.52 Å². The van der Waals surface area contributed by atoms with Gasteiger partial charge in [-0.15, -0.1) is 0 Å². The summed E-state index contributed by atoms with van der Waals surface area (Å²) in [5, 5.41) is 16.0. The van der Waals surface area contributed by atoms with Crippen molar-refractivity contribution in [2.24, 2.45) is 0 Å². The van der Waals surface area contributed by atoms with Gasteiger partial charge in [-0.3, -0.25) is 20.2 Å². The van der Waals surface area contributed by atoms with Gasteiger partial charge in [-0.2, -0.15) is 0 Å². The Labute approximate surface area is 171 Å². The van der Waals surface area contributed by atoms with Crippen molar-refractivity contribution in [3.8, 4) is 5.75 Å². The number of nitro benzene ring substituents is 1. The number of ether oxygens (including phenoxy) is 1. The first-order chi connectivity index (χ1) is 13.5. The van der Waals surface area contributed by atoms with E-state index in [4.69, 9.17) is 4.74 Å². The summed E-state index contributed by atoms with van der Waals surface area (Å²) in [7, 11) is 1.42. The molecule has 9 heteroatoms. The van der Waals surface area contributed by atoms with Crippen LogP contribution >= 0.6 is 27.3 Å². The molecule has 0 atom stereocenters. The van der Waals surface area contributed by atoms with Gasteiger partial charge in [0.2, 0.25) is 0 Å². The van der Waals surface area contributed by atoms with Crippen molar-refractivity contribution in [3.63, 3.8) is 0 Å². The van der Waals surface area contributed by atoms with Crippen LogP contribution in [0.25, 0.3) is 21.0 Å². The Hall–Kier alpha value is -3.04. The Balaban J connectivity index is 1.73. The topological polar surface area (TPSA) is 94.4 Å². The Morgan fingerprint density at radius 1 is 1.21 bits per heavy atom. The largest absolute Gasteiger partial charge is 0.494 e. The highest BCUT2D eigenvalue weighted by Crippen LogP contribution is 2.36. The lowest BCUT2D eigenvalue weighted by Gasteiger charge is -2.07. The predicted molar refractivity (Wildman–Crippen MR) is 112 cm³/mol. The number of anilines is 1. The summed E-state index contributed by atoms with van der Waals surface area (Å²) in [5.74, 6) is -0.0220. The molecule has 4 aromatic rings. The predicted octanol–water partition coefficient (Wildman–Crippen LogP) is 5.38. The highest BCUT2D eigenvalue weighted by atomic mass is 79.9. The van der Waals surface area contributed by atoms with Crippen LogP contribution in [0.1, 0.15) is 10.4 Å². The van der Waals surface area contributed by atoms with E-state index in [1.54, 1.807) is 6.07 Å². The van der Waals surface area contributed by atoms with Crippen LogP contribution in [0.5, 0.6) is 5.75 Å². The Bertz CT molecular complexity index is 1250. The number of nitrogens with zero attached hydrogens (tertiary/aromatic N) is 2. The summed E-state index contributed by atoms with van der Waals surface area (Å²) in [4.78, 5) is 27.8. The molecular formula is C19H12BrN3O4S. The van der Waals surface area contributed by atoms with Crippen molar-refractivity contribution in [2.75, 3.05) is 12.4 Å². The van der Waals surface area contributed by atoms with E-state index < -0.39 is 4.92 Å². The number of methoxy groups -OCH3 is 1. The number of carbonyl (C=O) groups excluding carboxylic acids is 1. The number of fused-ring (bicyclic) bond motifs is 2. The maximum absolute atomic E-state index is 12.8. The van der Waals surface area contributed by atoms with Crippen LogP contribution in [0.2, 0.25) is 0 Å². The molecule has 1 N–H and O–H groups in total. The molecule has 28 heavy (non-hydrogen) atoms. The number of hydrogen-bond donors (Lipinski definition) is 1. The number of hydrogen-bond acceptors (Lipinski definition) is 6. The number of thiazole rings is 1. The standard InChI is InChI=1S/C19H12BrN3O4S/c1-27-15-8-10(23(25)26)9-16-17(15)21-19(28-16)22-18(24)13-6-2-5-12-11(13)4-3-7-14(12)20/h2-9H,1H3,(H,21,22,24). The van der Waals surface area contributed by atoms with Crippen molar-refractivity contribution in [3.05, 3.63) is 68.7 Å². The molecule has 0 saturated heterocycles. The van der Waals surface area contributed by atoms with E-state index in [-0.39, 0.29) is 17.3 Å². The molecule has 7 nitrogen and oxygen atoms in total. The number of rotatable bonds is 4. The summed E-state index contributed by atoms with van der Waals surface area (Å²) in [6, 6.07) is 13.9. The number of aromatic nitrogens is 1. The fourth-order valence-corrected chi connectivity index (χ4v) is 4.34. The van der Waals surface area contributed by atoms with Gasteiger partial charge in [-0.05, 0) is 22.9 Å². The summed E-state index contributed by atoms with van der Waals surface area (Å²) in [6.07, 6.45) is 0. The van der Waals surface area contributed by atoms with Crippen molar-refractivity contribution in [1.29, 1.82) is 0 Å². The number of nitro groups is 1. The van der Waals surface area contributed by atoms with Crippen LogP contribution in [-0.2, 0) is 0 Å². The van der Waals surface area contributed by atoms with E-state index in [0.717, 1.165) is 26.6 Å². The van der Waals surface area contributed by atoms with Gasteiger partial charge < -0.3 is 4.74 Å². The monoisotopic (exact) mass is 457 g/mol. The quantitative estimate of drug-likeness (QED) is 0.327. The van der Waals surface area contributed by atoms with Gasteiger partial charge in [0.05, 0.1) is 22.8 Å². The minimum absolute atomic E-state index is 0.0928. The van der Waals surface area contributed by atoms with Gasteiger partial charge in [0.15, 0.2) is 10.9 Å². The molecule has 4 rings (SSSR count). The second-order valence-electron chi connectivity index (χ2n) is 5.87. The molecule has 0 aliphatic carbocycles. The molecule has 0 saturated carbocycles. The molecule has 3 aromatic carbocycles. The lowest BCUT2D eigenvalue weighted by atomic mass is 10.0. The van der Waals surface area contributed by atoms with Gasteiger partial charge in [0, 0.05) is 16.1 Å². The van der Waals surface area contributed by atoms with Crippen LogP contribution in [0, 0.1) is 10.1 Å². The average Bonchev–Trinajstić information content (AvgIpc) is 3.09. The van der Waals surface area contributed by atoms with Crippen molar-refractivity contribution in [1.82, 2.24) is 4.98 Å². The van der Waals surface area contributed by atoms with E-state index >= 15 is 0 Å². The zero-order valence-corrected chi connectivity index (χ0v) is 16.8. The van der Waals surface area contributed by atoms with E-state index in [1.807, 2.05) is 30.3 Å². The number of nitrogens with one attached hydrogen (secondary N) is 1. The van der Waals surface area contributed by atoms with Crippen LogP contribution in [0.4, 0.5) is 10.8 Å². The Morgan fingerprint density at radius 3 is 2.71 bits per heavy atom. The first-order valence-corrected chi connectivity index (χ1v) is 9.70. The van der Waals surface area contributed by atoms with Gasteiger partial charge in [-0.25, -0.2) is 4.98 Å². The third-order valence-electron chi connectivity index (χ3n) is 4.21. The Morgan fingerprint density at radius 2 is 1.96 bits per heavy atom. The lowest BCUT2D eigenvalue weighted by Crippen LogP contribution is -2.12.